The summed E-state index contributed by atoms with van der Waals surface area (Å²) in [4.78, 5) is 14.2. The number of amides is 1. The van der Waals surface area contributed by atoms with E-state index in [1.165, 1.54) is 15.6 Å². The third-order valence-corrected chi connectivity index (χ3v) is 7.92. The molecule has 5 nitrogen and oxygen atoms in total. The topological polar surface area (TPSA) is 57.7 Å². The molecule has 8 heteroatoms. The summed E-state index contributed by atoms with van der Waals surface area (Å²) in [6, 6.07) is 10.8. The lowest BCUT2D eigenvalue weighted by molar-refractivity contribution is 0.0698. The largest absolute Gasteiger partial charge is 0.336 e. The fourth-order valence-corrected chi connectivity index (χ4v) is 6.24. The van der Waals surface area contributed by atoms with E-state index in [1.54, 1.807) is 23.1 Å². The maximum atomic E-state index is 12.6. The second kappa shape index (κ2) is 6.95. The third kappa shape index (κ3) is 3.56. The molecule has 2 heterocycles. The van der Waals surface area contributed by atoms with Gasteiger partial charge in [-0.25, -0.2) is 8.42 Å². The van der Waals surface area contributed by atoms with E-state index in [0.717, 1.165) is 9.35 Å². The van der Waals surface area contributed by atoms with E-state index in [0.29, 0.717) is 36.0 Å². The second-order valence-electron chi connectivity index (χ2n) is 5.62. The van der Waals surface area contributed by atoms with Crippen molar-refractivity contribution in [3.05, 3.63) is 51.3 Å². The fraction of sp³-hybridized carbons (Fsp3) is 0.312. The van der Waals surface area contributed by atoms with Gasteiger partial charge in [-0.1, -0.05) is 17.7 Å². The predicted octanol–water partition coefficient (Wildman–Crippen LogP) is 2.97. The molecule has 0 spiro atoms. The van der Waals surface area contributed by atoms with Crippen LogP contribution in [0, 0.1) is 6.92 Å². The Morgan fingerprint density at radius 1 is 1.12 bits per heavy atom. The van der Waals surface area contributed by atoms with E-state index in [2.05, 4.69) is 15.9 Å². The maximum Gasteiger partial charge on any atom is 0.253 e. The van der Waals surface area contributed by atoms with E-state index in [1.807, 2.05) is 25.1 Å². The Hall–Kier alpha value is -1.22. The molecule has 128 valence electrons. The Morgan fingerprint density at radius 2 is 1.83 bits per heavy atom. The normalized spacial score (nSPS) is 16.3. The van der Waals surface area contributed by atoms with Crippen molar-refractivity contribution < 1.29 is 13.2 Å². The average molecular weight is 429 g/mol. The number of benzene rings is 1. The lowest BCUT2D eigenvalue weighted by atomic mass is 10.1. The van der Waals surface area contributed by atoms with Gasteiger partial charge >= 0.3 is 0 Å². The SMILES string of the molecule is Cc1cccc(C(=O)N2CCN(S(=O)(=O)c3ccc(Br)s3)CC2)c1. The number of aryl methyl sites for hydroxylation is 1. The smallest absolute Gasteiger partial charge is 0.253 e. The number of carbonyl (C=O) groups excluding carboxylic acids is 1. The molecule has 1 fully saturated rings. The molecule has 0 radical (unpaired) electrons. The first-order valence-electron chi connectivity index (χ1n) is 7.49. The molecule has 1 aliphatic heterocycles. The van der Waals surface area contributed by atoms with Gasteiger partial charge in [-0.05, 0) is 47.1 Å². The highest BCUT2D eigenvalue weighted by molar-refractivity contribution is 9.11. The number of hydrogen-bond acceptors (Lipinski definition) is 4. The van der Waals surface area contributed by atoms with Gasteiger partial charge in [-0.3, -0.25) is 4.79 Å². The van der Waals surface area contributed by atoms with Gasteiger partial charge in [0.25, 0.3) is 15.9 Å². The zero-order valence-electron chi connectivity index (χ0n) is 13.1. The van der Waals surface area contributed by atoms with E-state index in [-0.39, 0.29) is 5.91 Å². The Morgan fingerprint density at radius 3 is 2.42 bits per heavy atom. The Balaban J connectivity index is 1.68. The number of carbonyl (C=O) groups is 1. The van der Waals surface area contributed by atoms with Crippen LogP contribution in [0.4, 0.5) is 0 Å². The minimum atomic E-state index is -3.48. The van der Waals surface area contributed by atoms with Crippen molar-refractivity contribution >= 4 is 43.2 Å². The van der Waals surface area contributed by atoms with Crippen LogP contribution in [0.25, 0.3) is 0 Å². The van der Waals surface area contributed by atoms with Crippen molar-refractivity contribution in [3.63, 3.8) is 0 Å². The standard InChI is InChI=1S/C16H17BrN2O3S2/c1-12-3-2-4-13(11-12)16(20)18-7-9-19(10-8-18)24(21,22)15-6-5-14(17)23-15/h2-6,11H,7-10H2,1H3. The predicted molar refractivity (Wildman–Crippen MR) is 97.9 cm³/mol. The first-order valence-corrected chi connectivity index (χ1v) is 10.5. The summed E-state index contributed by atoms with van der Waals surface area (Å²) in [5.41, 5.74) is 1.68. The summed E-state index contributed by atoms with van der Waals surface area (Å²) >= 11 is 4.49. The second-order valence-corrected chi connectivity index (χ2v) is 10.3. The first kappa shape index (κ1) is 17.6. The van der Waals surface area contributed by atoms with Gasteiger partial charge in [0.2, 0.25) is 0 Å². The zero-order chi connectivity index (χ0) is 17.3. The van der Waals surface area contributed by atoms with E-state index < -0.39 is 10.0 Å². The van der Waals surface area contributed by atoms with Gasteiger partial charge < -0.3 is 4.90 Å². The summed E-state index contributed by atoms with van der Waals surface area (Å²) < 4.78 is 27.8. The summed E-state index contributed by atoms with van der Waals surface area (Å²) in [5, 5.41) is 0. The van der Waals surface area contributed by atoms with Crippen LogP contribution in [-0.2, 0) is 10.0 Å². The molecule has 0 unspecified atom stereocenters. The zero-order valence-corrected chi connectivity index (χ0v) is 16.3. The van der Waals surface area contributed by atoms with Gasteiger partial charge in [-0.15, -0.1) is 11.3 Å². The Labute approximate surface area is 154 Å². The molecule has 0 bridgehead atoms. The van der Waals surface area contributed by atoms with Gasteiger partial charge in [0.05, 0.1) is 3.79 Å². The van der Waals surface area contributed by atoms with Crippen LogP contribution in [0.3, 0.4) is 0 Å². The first-order chi connectivity index (χ1) is 11.4. The van der Waals surface area contributed by atoms with E-state index in [9.17, 15) is 13.2 Å². The maximum absolute atomic E-state index is 12.6. The molecule has 24 heavy (non-hydrogen) atoms. The Kier molecular flexibility index (Phi) is 5.10. The van der Waals surface area contributed by atoms with Crippen molar-refractivity contribution in [3.8, 4) is 0 Å². The van der Waals surface area contributed by atoms with Crippen molar-refractivity contribution in [2.24, 2.45) is 0 Å². The molecular weight excluding hydrogens is 412 g/mol. The molecule has 1 aromatic heterocycles. The van der Waals surface area contributed by atoms with Crippen molar-refractivity contribution in [2.45, 2.75) is 11.1 Å². The van der Waals surface area contributed by atoms with Crippen LogP contribution in [0.5, 0.6) is 0 Å². The van der Waals surface area contributed by atoms with Crippen molar-refractivity contribution in [1.82, 2.24) is 9.21 Å². The molecule has 2 aromatic rings. The fourth-order valence-electron chi connectivity index (χ4n) is 2.66. The van der Waals surface area contributed by atoms with Crippen LogP contribution in [0.1, 0.15) is 15.9 Å². The number of halogens is 1. The number of nitrogens with zero attached hydrogens (tertiary/aromatic N) is 2. The van der Waals surface area contributed by atoms with Crippen molar-refractivity contribution in [2.75, 3.05) is 26.2 Å². The molecule has 0 saturated carbocycles. The van der Waals surface area contributed by atoms with Gasteiger partial charge in [0.15, 0.2) is 0 Å². The molecule has 3 rings (SSSR count). The molecule has 0 N–H and O–H groups in total. The summed E-state index contributed by atoms with van der Waals surface area (Å²) in [7, 11) is -3.48. The molecule has 1 amide bonds. The van der Waals surface area contributed by atoms with E-state index in [4.69, 9.17) is 0 Å². The lowest BCUT2D eigenvalue weighted by Crippen LogP contribution is -2.50. The highest BCUT2D eigenvalue weighted by Crippen LogP contribution is 2.29. The number of hydrogen-bond donors (Lipinski definition) is 0. The van der Waals surface area contributed by atoms with Crippen LogP contribution < -0.4 is 0 Å². The lowest BCUT2D eigenvalue weighted by Gasteiger charge is -2.33. The average Bonchev–Trinajstić information content (AvgIpc) is 3.01. The summed E-state index contributed by atoms with van der Waals surface area (Å²) in [6.45, 7) is 3.38. The quantitative estimate of drug-likeness (QED) is 0.754. The van der Waals surface area contributed by atoms with Crippen molar-refractivity contribution in [1.29, 1.82) is 0 Å². The van der Waals surface area contributed by atoms with Crippen LogP contribution in [0.2, 0.25) is 0 Å². The molecule has 1 aromatic carbocycles. The number of piperazine rings is 1. The van der Waals surface area contributed by atoms with E-state index >= 15 is 0 Å². The van der Waals surface area contributed by atoms with Crippen LogP contribution in [0.15, 0.2) is 44.4 Å². The minimum Gasteiger partial charge on any atom is -0.336 e. The Bertz CT molecular complexity index is 856. The summed E-state index contributed by atoms with van der Waals surface area (Å²) in [5.74, 6) is -0.0467. The number of thiophene rings is 1. The molecule has 0 atom stereocenters. The van der Waals surface area contributed by atoms with Crippen LogP contribution >= 0.6 is 27.3 Å². The van der Waals surface area contributed by atoms with Gasteiger partial charge in [0, 0.05) is 31.7 Å². The highest BCUT2D eigenvalue weighted by Gasteiger charge is 2.31. The minimum absolute atomic E-state index is 0.0467. The monoisotopic (exact) mass is 428 g/mol. The molecule has 1 saturated heterocycles. The van der Waals surface area contributed by atoms with Gasteiger partial charge in [0.1, 0.15) is 4.21 Å². The molecule has 0 aliphatic carbocycles. The number of rotatable bonds is 3. The number of sulfonamides is 1. The third-order valence-electron chi connectivity index (χ3n) is 3.93. The van der Waals surface area contributed by atoms with Gasteiger partial charge in [-0.2, -0.15) is 4.31 Å². The summed E-state index contributed by atoms with van der Waals surface area (Å²) in [6.07, 6.45) is 0. The highest BCUT2D eigenvalue weighted by atomic mass is 79.9. The van der Waals surface area contributed by atoms with Crippen LogP contribution in [-0.4, -0.2) is 49.7 Å². The molecule has 1 aliphatic rings. The molecular formula is C16H17BrN2O3S2.